The maximum atomic E-state index is 5.45. The Morgan fingerprint density at radius 3 is 2.95 bits per heavy atom. The van der Waals surface area contributed by atoms with E-state index in [4.69, 9.17) is 4.52 Å². The SMILES string of the molecule is Cc1ccnc(N2CCC(c3nc(C4CC4)no3)C2)c1. The van der Waals surface area contributed by atoms with Gasteiger partial charge in [-0.25, -0.2) is 4.98 Å². The van der Waals surface area contributed by atoms with Crippen molar-refractivity contribution in [1.29, 1.82) is 0 Å². The van der Waals surface area contributed by atoms with Crippen molar-refractivity contribution in [2.24, 2.45) is 0 Å². The van der Waals surface area contributed by atoms with Crippen molar-refractivity contribution in [2.75, 3.05) is 18.0 Å². The zero-order valence-corrected chi connectivity index (χ0v) is 11.6. The second kappa shape index (κ2) is 4.58. The second-order valence-electron chi connectivity index (χ2n) is 5.89. The number of aromatic nitrogens is 3. The highest BCUT2D eigenvalue weighted by atomic mass is 16.5. The number of hydrogen-bond donors (Lipinski definition) is 0. The van der Waals surface area contributed by atoms with E-state index in [1.54, 1.807) is 0 Å². The van der Waals surface area contributed by atoms with E-state index in [0.29, 0.717) is 11.8 Å². The molecule has 5 heteroatoms. The summed E-state index contributed by atoms with van der Waals surface area (Å²) < 4.78 is 5.45. The summed E-state index contributed by atoms with van der Waals surface area (Å²) in [6.45, 7) is 4.02. The summed E-state index contributed by atoms with van der Waals surface area (Å²) in [4.78, 5) is 11.3. The van der Waals surface area contributed by atoms with Gasteiger partial charge in [0.1, 0.15) is 5.82 Å². The monoisotopic (exact) mass is 270 g/mol. The lowest BCUT2D eigenvalue weighted by atomic mass is 10.1. The molecule has 1 saturated carbocycles. The summed E-state index contributed by atoms with van der Waals surface area (Å²) in [6, 6.07) is 4.16. The van der Waals surface area contributed by atoms with Gasteiger partial charge in [-0.3, -0.25) is 0 Å². The molecule has 2 aromatic heterocycles. The minimum Gasteiger partial charge on any atom is -0.356 e. The third-order valence-corrected chi connectivity index (χ3v) is 4.16. The van der Waals surface area contributed by atoms with Gasteiger partial charge in [0.15, 0.2) is 5.82 Å². The predicted molar refractivity (Wildman–Crippen MR) is 74.8 cm³/mol. The van der Waals surface area contributed by atoms with Crippen LogP contribution in [0.2, 0.25) is 0 Å². The van der Waals surface area contributed by atoms with Crippen LogP contribution < -0.4 is 4.90 Å². The molecule has 1 unspecified atom stereocenters. The molecule has 3 heterocycles. The quantitative estimate of drug-likeness (QED) is 0.858. The van der Waals surface area contributed by atoms with Crippen molar-refractivity contribution in [1.82, 2.24) is 15.1 Å². The van der Waals surface area contributed by atoms with E-state index < -0.39 is 0 Å². The Bertz CT molecular complexity index is 620. The van der Waals surface area contributed by atoms with Gasteiger partial charge in [0, 0.05) is 25.2 Å². The van der Waals surface area contributed by atoms with E-state index in [2.05, 4.69) is 33.0 Å². The van der Waals surface area contributed by atoms with Crippen LogP contribution in [0.1, 0.15) is 48.4 Å². The van der Waals surface area contributed by atoms with Crippen molar-refractivity contribution in [3.63, 3.8) is 0 Å². The summed E-state index contributed by atoms with van der Waals surface area (Å²) in [5.74, 6) is 3.67. The van der Waals surface area contributed by atoms with E-state index in [-0.39, 0.29) is 0 Å². The highest BCUT2D eigenvalue weighted by molar-refractivity contribution is 5.42. The molecule has 5 nitrogen and oxygen atoms in total. The first-order valence-electron chi connectivity index (χ1n) is 7.31. The molecule has 2 aromatic rings. The molecule has 1 aliphatic carbocycles. The maximum absolute atomic E-state index is 5.45. The topological polar surface area (TPSA) is 55.1 Å². The Kier molecular flexibility index (Phi) is 2.72. The van der Waals surface area contributed by atoms with Gasteiger partial charge >= 0.3 is 0 Å². The van der Waals surface area contributed by atoms with Crippen LogP contribution in [0, 0.1) is 6.92 Å². The molecule has 2 aliphatic rings. The van der Waals surface area contributed by atoms with Crippen LogP contribution in [0.5, 0.6) is 0 Å². The van der Waals surface area contributed by atoms with Crippen LogP contribution in [-0.4, -0.2) is 28.2 Å². The molecule has 0 aromatic carbocycles. The average molecular weight is 270 g/mol. The molecule has 20 heavy (non-hydrogen) atoms. The Morgan fingerprint density at radius 1 is 1.25 bits per heavy atom. The highest BCUT2D eigenvalue weighted by Gasteiger charge is 2.33. The molecule has 0 N–H and O–H groups in total. The summed E-state index contributed by atoms with van der Waals surface area (Å²) in [5, 5.41) is 4.11. The van der Waals surface area contributed by atoms with Crippen LogP contribution in [0.4, 0.5) is 5.82 Å². The van der Waals surface area contributed by atoms with Crippen molar-refractivity contribution in [2.45, 2.75) is 38.0 Å². The standard InChI is InChI=1S/C15H18N4O/c1-10-4-6-16-13(8-10)19-7-5-12(9-19)15-17-14(18-20-15)11-2-3-11/h4,6,8,11-12H,2-3,5,7,9H2,1H3. The number of rotatable bonds is 3. The fourth-order valence-corrected chi connectivity index (χ4v) is 2.78. The van der Waals surface area contributed by atoms with E-state index >= 15 is 0 Å². The largest absolute Gasteiger partial charge is 0.356 e. The molecule has 0 radical (unpaired) electrons. The zero-order valence-electron chi connectivity index (χ0n) is 11.6. The van der Waals surface area contributed by atoms with E-state index in [0.717, 1.165) is 37.0 Å². The lowest BCUT2D eigenvalue weighted by Gasteiger charge is -2.16. The summed E-state index contributed by atoms with van der Waals surface area (Å²) in [5.41, 5.74) is 1.24. The van der Waals surface area contributed by atoms with Crippen molar-refractivity contribution in [3.05, 3.63) is 35.6 Å². The van der Waals surface area contributed by atoms with E-state index in [9.17, 15) is 0 Å². The van der Waals surface area contributed by atoms with Gasteiger partial charge in [-0.15, -0.1) is 0 Å². The number of aryl methyl sites for hydroxylation is 1. The third-order valence-electron chi connectivity index (χ3n) is 4.16. The molecular weight excluding hydrogens is 252 g/mol. The second-order valence-corrected chi connectivity index (χ2v) is 5.89. The first kappa shape index (κ1) is 11.9. The minimum atomic E-state index is 0.345. The summed E-state index contributed by atoms with van der Waals surface area (Å²) in [6.07, 6.45) is 5.35. The highest BCUT2D eigenvalue weighted by Crippen LogP contribution is 2.39. The van der Waals surface area contributed by atoms with E-state index in [1.165, 1.54) is 18.4 Å². The van der Waals surface area contributed by atoms with Crippen LogP contribution in [0.25, 0.3) is 0 Å². The molecule has 0 bridgehead atoms. The molecule has 104 valence electrons. The first-order valence-corrected chi connectivity index (χ1v) is 7.31. The maximum Gasteiger partial charge on any atom is 0.231 e. The Morgan fingerprint density at radius 2 is 2.15 bits per heavy atom. The number of nitrogens with zero attached hydrogens (tertiary/aromatic N) is 4. The smallest absolute Gasteiger partial charge is 0.231 e. The fraction of sp³-hybridized carbons (Fsp3) is 0.533. The summed E-state index contributed by atoms with van der Waals surface area (Å²) in [7, 11) is 0. The normalized spacial score (nSPS) is 22.4. The Hall–Kier alpha value is -1.91. The van der Waals surface area contributed by atoms with Crippen LogP contribution in [-0.2, 0) is 0 Å². The lowest BCUT2D eigenvalue weighted by Crippen LogP contribution is -2.20. The Balaban J connectivity index is 1.49. The molecule has 2 fully saturated rings. The molecule has 0 spiro atoms. The van der Waals surface area contributed by atoms with Gasteiger partial charge in [0.25, 0.3) is 0 Å². The fourth-order valence-electron chi connectivity index (χ4n) is 2.78. The first-order chi connectivity index (χ1) is 9.79. The molecule has 1 aliphatic heterocycles. The van der Waals surface area contributed by atoms with Gasteiger partial charge < -0.3 is 9.42 Å². The van der Waals surface area contributed by atoms with Crippen LogP contribution in [0.3, 0.4) is 0 Å². The molecule has 1 atom stereocenters. The van der Waals surface area contributed by atoms with Crippen LogP contribution >= 0.6 is 0 Å². The Labute approximate surface area is 118 Å². The third kappa shape index (κ3) is 2.17. The van der Waals surface area contributed by atoms with Gasteiger partial charge in [-0.05, 0) is 43.9 Å². The summed E-state index contributed by atoms with van der Waals surface area (Å²) >= 11 is 0. The van der Waals surface area contributed by atoms with Gasteiger partial charge in [-0.1, -0.05) is 5.16 Å². The van der Waals surface area contributed by atoms with Crippen LogP contribution in [0.15, 0.2) is 22.9 Å². The average Bonchev–Trinajstić information content (AvgIpc) is 3.01. The predicted octanol–water partition coefficient (Wildman–Crippen LogP) is 2.64. The van der Waals surface area contributed by atoms with Gasteiger partial charge in [0.2, 0.25) is 5.89 Å². The zero-order chi connectivity index (χ0) is 13.5. The number of anilines is 1. The number of pyridine rings is 1. The molecule has 1 saturated heterocycles. The van der Waals surface area contributed by atoms with E-state index in [1.807, 2.05) is 12.3 Å². The van der Waals surface area contributed by atoms with Crippen molar-refractivity contribution >= 4 is 5.82 Å². The molecule has 4 rings (SSSR count). The van der Waals surface area contributed by atoms with Crippen molar-refractivity contribution < 1.29 is 4.52 Å². The van der Waals surface area contributed by atoms with Gasteiger partial charge in [0.05, 0.1) is 5.92 Å². The van der Waals surface area contributed by atoms with Crippen molar-refractivity contribution in [3.8, 4) is 0 Å². The molecular formula is C15H18N4O. The minimum absolute atomic E-state index is 0.345. The number of hydrogen-bond acceptors (Lipinski definition) is 5. The molecule has 0 amide bonds. The van der Waals surface area contributed by atoms with Gasteiger partial charge in [-0.2, -0.15) is 4.98 Å². The lowest BCUT2D eigenvalue weighted by molar-refractivity contribution is 0.355.